The van der Waals surface area contributed by atoms with E-state index < -0.39 is 17.7 Å². The summed E-state index contributed by atoms with van der Waals surface area (Å²) in [6.07, 6.45) is -2.40. The largest absolute Gasteiger partial charge is 0.465 e. The molecule has 6 rings (SSSR count). The summed E-state index contributed by atoms with van der Waals surface area (Å²) in [5.74, 6) is 0.854. The molecule has 1 amide bonds. The minimum absolute atomic E-state index is 0.0375. The van der Waals surface area contributed by atoms with Gasteiger partial charge in [0, 0.05) is 24.4 Å². The molecule has 5 fully saturated rings. The molecule has 0 atom stereocenters. The highest BCUT2D eigenvalue weighted by molar-refractivity contribution is 5.66. The van der Waals surface area contributed by atoms with Crippen molar-refractivity contribution in [1.82, 2.24) is 20.1 Å². The van der Waals surface area contributed by atoms with E-state index in [2.05, 4.69) is 15.2 Å². The molecule has 4 aliphatic carbocycles. The molecule has 1 saturated heterocycles. The van der Waals surface area contributed by atoms with Crippen molar-refractivity contribution in [2.24, 2.45) is 11.3 Å². The number of aromatic amines is 1. The molecule has 6 nitrogen and oxygen atoms in total. The fourth-order valence-corrected chi connectivity index (χ4v) is 5.05. The lowest BCUT2D eigenvalue weighted by Crippen LogP contribution is -2.73. The van der Waals surface area contributed by atoms with Gasteiger partial charge < -0.3 is 10.0 Å². The molecule has 1 aliphatic heterocycles. The van der Waals surface area contributed by atoms with E-state index in [-0.39, 0.29) is 29.5 Å². The number of hydrogen-bond donors (Lipinski definition) is 2. The summed E-state index contributed by atoms with van der Waals surface area (Å²) in [7, 11) is 0. The number of halogens is 3. The number of carbonyl (C=O) groups is 1. The zero-order valence-electron chi connectivity index (χ0n) is 12.9. The molecule has 0 spiro atoms. The highest BCUT2D eigenvalue weighted by atomic mass is 19.4. The van der Waals surface area contributed by atoms with Crippen LogP contribution >= 0.6 is 0 Å². The first kappa shape index (κ1) is 14.5. The zero-order valence-corrected chi connectivity index (χ0v) is 12.9. The predicted octanol–water partition coefficient (Wildman–Crippen LogP) is 2.43. The summed E-state index contributed by atoms with van der Waals surface area (Å²) in [4.78, 5) is 16.5. The van der Waals surface area contributed by atoms with E-state index >= 15 is 0 Å². The van der Waals surface area contributed by atoms with E-state index in [0.717, 1.165) is 19.3 Å². The van der Waals surface area contributed by atoms with Gasteiger partial charge in [-0.3, -0.25) is 5.10 Å². The van der Waals surface area contributed by atoms with E-state index in [0.29, 0.717) is 24.8 Å². The first-order chi connectivity index (χ1) is 11.2. The second kappa shape index (κ2) is 3.88. The van der Waals surface area contributed by atoms with Crippen molar-refractivity contribution in [3.63, 3.8) is 0 Å². The molecule has 1 aromatic rings. The van der Waals surface area contributed by atoms with Gasteiger partial charge in [-0.1, -0.05) is 0 Å². The Morgan fingerprint density at radius 3 is 2.38 bits per heavy atom. The Morgan fingerprint density at radius 2 is 1.88 bits per heavy atom. The third kappa shape index (κ3) is 1.56. The normalized spacial score (nSPS) is 36.5. The van der Waals surface area contributed by atoms with Crippen LogP contribution in [0.4, 0.5) is 18.0 Å². The summed E-state index contributed by atoms with van der Waals surface area (Å²) < 4.78 is 39.5. The van der Waals surface area contributed by atoms with Gasteiger partial charge >= 0.3 is 12.3 Å². The minimum atomic E-state index is -4.28. The molecular weight excluding hydrogens is 325 g/mol. The van der Waals surface area contributed by atoms with E-state index in [1.165, 1.54) is 4.90 Å². The average Bonchev–Trinajstić information content (AvgIpc) is 3.02. The molecule has 0 aromatic carbocycles. The van der Waals surface area contributed by atoms with Crippen LogP contribution in [0, 0.1) is 11.3 Å². The van der Waals surface area contributed by atoms with Crippen LogP contribution in [0.1, 0.15) is 43.8 Å². The van der Waals surface area contributed by atoms with Crippen molar-refractivity contribution in [1.29, 1.82) is 0 Å². The van der Waals surface area contributed by atoms with Gasteiger partial charge in [-0.15, -0.1) is 0 Å². The van der Waals surface area contributed by atoms with Crippen LogP contribution in [0.15, 0.2) is 0 Å². The maximum Gasteiger partial charge on any atom is 0.407 e. The van der Waals surface area contributed by atoms with E-state index in [1.807, 2.05) is 0 Å². The van der Waals surface area contributed by atoms with Crippen molar-refractivity contribution >= 4 is 6.09 Å². The summed E-state index contributed by atoms with van der Waals surface area (Å²) >= 11 is 0. The standard InChI is InChI=1S/C15H17F3N4O2/c16-15(17,18)14(1-2-14)10-19-9(20-21-10)13-5-12(6-13,7-13)8-3-22(4-8)11(23)24/h8H,1-7H2,(H,23,24)(H,19,20,21). The third-order valence-electron chi connectivity index (χ3n) is 6.80. The molecule has 130 valence electrons. The second-order valence-electron chi connectivity index (χ2n) is 8.15. The van der Waals surface area contributed by atoms with Gasteiger partial charge in [0.15, 0.2) is 5.82 Å². The number of likely N-dealkylation sites (tertiary alicyclic amines) is 1. The van der Waals surface area contributed by atoms with Gasteiger partial charge in [0.2, 0.25) is 0 Å². The lowest BCUT2D eigenvalue weighted by molar-refractivity contribution is -0.210. The predicted molar refractivity (Wildman–Crippen MR) is 74.4 cm³/mol. The fourth-order valence-electron chi connectivity index (χ4n) is 5.05. The molecule has 5 aliphatic rings. The van der Waals surface area contributed by atoms with Crippen LogP contribution in [0.5, 0.6) is 0 Å². The molecule has 9 heteroatoms. The van der Waals surface area contributed by atoms with E-state index in [9.17, 15) is 18.0 Å². The van der Waals surface area contributed by atoms with E-state index in [4.69, 9.17) is 5.11 Å². The highest BCUT2D eigenvalue weighted by Crippen LogP contribution is 2.76. The Morgan fingerprint density at radius 1 is 1.25 bits per heavy atom. The zero-order chi connectivity index (χ0) is 17.0. The smallest absolute Gasteiger partial charge is 0.407 e. The Balaban J connectivity index is 1.28. The first-order valence-electron chi connectivity index (χ1n) is 8.18. The van der Waals surface area contributed by atoms with Gasteiger partial charge in [0.05, 0.1) is 0 Å². The van der Waals surface area contributed by atoms with Gasteiger partial charge in [-0.05, 0) is 37.5 Å². The molecule has 2 bridgehead atoms. The minimum Gasteiger partial charge on any atom is -0.465 e. The lowest BCUT2D eigenvalue weighted by atomic mass is 9.31. The van der Waals surface area contributed by atoms with Gasteiger partial charge in [-0.25, -0.2) is 9.78 Å². The van der Waals surface area contributed by atoms with E-state index in [1.54, 1.807) is 0 Å². The van der Waals surface area contributed by atoms with Crippen molar-refractivity contribution in [3.8, 4) is 0 Å². The highest BCUT2D eigenvalue weighted by Gasteiger charge is 2.74. The van der Waals surface area contributed by atoms with Crippen molar-refractivity contribution < 1.29 is 23.1 Å². The number of nitrogens with zero attached hydrogens (tertiary/aromatic N) is 3. The summed E-state index contributed by atoms with van der Waals surface area (Å²) in [6.45, 7) is 1.14. The molecule has 1 aromatic heterocycles. The number of carboxylic acid groups (broad SMARTS) is 1. The Bertz CT molecular complexity index is 714. The van der Waals surface area contributed by atoms with Gasteiger partial charge in [0.25, 0.3) is 0 Å². The first-order valence-corrected chi connectivity index (χ1v) is 8.18. The number of H-pyrrole nitrogens is 1. The maximum atomic E-state index is 13.2. The number of hydrogen-bond acceptors (Lipinski definition) is 3. The van der Waals surface area contributed by atoms with Crippen LogP contribution in [0.3, 0.4) is 0 Å². The lowest BCUT2D eigenvalue weighted by Gasteiger charge is -2.74. The number of aromatic nitrogens is 3. The molecule has 4 saturated carbocycles. The quantitative estimate of drug-likeness (QED) is 0.884. The Hall–Kier alpha value is -1.80. The molecular formula is C15H17F3N4O2. The van der Waals surface area contributed by atoms with Crippen molar-refractivity contribution in [2.75, 3.05) is 13.1 Å². The second-order valence-corrected chi connectivity index (χ2v) is 8.15. The van der Waals surface area contributed by atoms with Crippen LogP contribution in [-0.2, 0) is 10.8 Å². The third-order valence-corrected chi connectivity index (χ3v) is 6.80. The SMILES string of the molecule is O=C(O)N1CC(C23CC(c4n[nH]c(C5(C(F)(F)F)CC5)n4)(C2)C3)C1. The summed E-state index contributed by atoms with van der Waals surface area (Å²) in [6, 6.07) is 0. The fraction of sp³-hybridized carbons (Fsp3) is 0.800. The number of nitrogens with one attached hydrogen (secondary N) is 1. The Labute approximate surface area is 135 Å². The van der Waals surface area contributed by atoms with Crippen molar-refractivity contribution in [3.05, 3.63) is 11.6 Å². The maximum absolute atomic E-state index is 13.2. The molecule has 0 radical (unpaired) electrons. The van der Waals surface area contributed by atoms with Gasteiger partial charge in [0.1, 0.15) is 11.2 Å². The van der Waals surface area contributed by atoms with Crippen LogP contribution in [0.2, 0.25) is 0 Å². The molecule has 2 N–H and O–H groups in total. The molecule has 0 unspecified atom stereocenters. The van der Waals surface area contributed by atoms with Gasteiger partial charge in [-0.2, -0.15) is 18.3 Å². The Kier molecular flexibility index (Phi) is 2.35. The summed E-state index contributed by atoms with van der Waals surface area (Å²) in [5.41, 5.74) is -1.83. The number of alkyl halides is 3. The topological polar surface area (TPSA) is 82.1 Å². The monoisotopic (exact) mass is 342 g/mol. The molecule has 2 heterocycles. The van der Waals surface area contributed by atoms with Crippen molar-refractivity contribution in [2.45, 2.75) is 49.1 Å². The van der Waals surface area contributed by atoms with Crippen LogP contribution in [-0.4, -0.2) is 50.5 Å². The summed E-state index contributed by atoms with van der Waals surface area (Å²) in [5, 5.41) is 15.6. The van der Waals surface area contributed by atoms with Crippen LogP contribution < -0.4 is 0 Å². The number of rotatable bonds is 3. The average molecular weight is 342 g/mol. The van der Waals surface area contributed by atoms with Crippen LogP contribution in [0.25, 0.3) is 0 Å². The number of amides is 1. The molecule has 24 heavy (non-hydrogen) atoms.